The van der Waals surface area contributed by atoms with Gasteiger partial charge in [-0.05, 0) is 26.3 Å². The second-order valence-electron chi connectivity index (χ2n) is 5.83. The second-order valence-corrected chi connectivity index (χ2v) is 5.83. The molecule has 0 saturated carbocycles. The van der Waals surface area contributed by atoms with E-state index in [9.17, 15) is 19.5 Å². The Morgan fingerprint density at radius 2 is 1.87 bits per heavy atom. The molecule has 0 bridgehead atoms. The number of hydrogen-bond acceptors (Lipinski definition) is 5. The van der Waals surface area contributed by atoms with Crippen molar-refractivity contribution in [1.29, 1.82) is 0 Å². The van der Waals surface area contributed by atoms with E-state index in [1.54, 1.807) is 31.2 Å². The predicted molar refractivity (Wildman–Crippen MR) is 80.5 cm³/mol. The van der Waals surface area contributed by atoms with Crippen LogP contribution in [0.2, 0.25) is 0 Å². The Morgan fingerprint density at radius 3 is 2.43 bits per heavy atom. The number of carboxylic acids is 1. The number of amides is 1. The molecule has 6 heteroatoms. The van der Waals surface area contributed by atoms with E-state index in [1.807, 2.05) is 6.07 Å². The van der Waals surface area contributed by atoms with Crippen LogP contribution in [0.5, 0.6) is 0 Å². The predicted octanol–water partition coefficient (Wildman–Crippen LogP) is 0.722. The fourth-order valence-electron chi connectivity index (χ4n) is 2.42. The number of ketones is 1. The van der Waals surface area contributed by atoms with Crippen molar-refractivity contribution in [3.05, 3.63) is 41.7 Å². The van der Waals surface area contributed by atoms with Crippen molar-refractivity contribution in [3.63, 3.8) is 0 Å². The lowest BCUT2D eigenvalue weighted by atomic mass is 9.92. The number of Topliss-reactive ketones (excluding diaryl/α,β-unsaturated/α-hetero) is 1. The quantitative estimate of drug-likeness (QED) is 0.747. The largest absolute Gasteiger partial charge is 0.550 e. The first-order chi connectivity index (χ1) is 10.7. The Balaban J connectivity index is 2.36. The zero-order chi connectivity index (χ0) is 17.2. The summed E-state index contributed by atoms with van der Waals surface area (Å²) >= 11 is 0. The van der Waals surface area contributed by atoms with Crippen LogP contribution in [0.4, 0.5) is 0 Å². The first-order valence-corrected chi connectivity index (χ1v) is 7.19. The number of ether oxygens (including phenoxy) is 1. The molecule has 23 heavy (non-hydrogen) atoms. The molecule has 1 amide bonds. The molecule has 0 saturated heterocycles. The minimum atomic E-state index is -1.47. The minimum absolute atomic E-state index is 0.104. The molecule has 2 rings (SSSR count). The van der Waals surface area contributed by atoms with Gasteiger partial charge in [0.15, 0.2) is 12.5 Å². The van der Waals surface area contributed by atoms with Gasteiger partial charge in [0.25, 0.3) is 5.91 Å². The molecule has 0 aromatic heterocycles. The lowest BCUT2D eigenvalue weighted by Gasteiger charge is -2.40. The molecule has 0 atom stereocenters. The fraction of sp³-hybridized carbons (Fsp3) is 0.353. The van der Waals surface area contributed by atoms with Crippen LogP contribution in [-0.4, -0.2) is 34.8 Å². The van der Waals surface area contributed by atoms with Gasteiger partial charge in [0.1, 0.15) is 5.76 Å². The van der Waals surface area contributed by atoms with Gasteiger partial charge in [-0.15, -0.1) is 0 Å². The van der Waals surface area contributed by atoms with E-state index in [0.717, 1.165) is 0 Å². The average molecular weight is 316 g/mol. The molecule has 122 valence electrons. The van der Waals surface area contributed by atoms with Crippen molar-refractivity contribution in [2.75, 3.05) is 6.73 Å². The Kier molecular flexibility index (Phi) is 4.54. The van der Waals surface area contributed by atoms with Crippen LogP contribution in [0.3, 0.4) is 0 Å². The number of carbonyl (C=O) groups excluding carboxylic acids is 3. The van der Waals surface area contributed by atoms with Crippen molar-refractivity contribution < 1.29 is 24.2 Å². The zero-order valence-corrected chi connectivity index (χ0v) is 13.3. The number of aliphatic carboxylic acids is 1. The summed E-state index contributed by atoms with van der Waals surface area (Å²) in [5.41, 5.74) is -0.258. The number of allylic oxidation sites excluding steroid dienone is 1. The fourth-order valence-corrected chi connectivity index (χ4v) is 2.42. The topological polar surface area (TPSA) is 86.7 Å². The Labute approximate surface area is 134 Å². The maximum absolute atomic E-state index is 12.8. The highest BCUT2D eigenvalue weighted by Crippen LogP contribution is 2.31. The Bertz CT molecular complexity index is 675. The van der Waals surface area contributed by atoms with Crippen molar-refractivity contribution in [1.82, 2.24) is 4.90 Å². The number of rotatable bonds is 5. The molecule has 0 radical (unpaired) electrons. The third-order valence-electron chi connectivity index (χ3n) is 3.95. The van der Waals surface area contributed by atoms with Crippen LogP contribution in [0.15, 0.2) is 36.1 Å². The number of nitrogens with zero attached hydrogens (tertiary/aromatic N) is 1. The van der Waals surface area contributed by atoms with Crippen molar-refractivity contribution in [2.45, 2.75) is 32.7 Å². The van der Waals surface area contributed by atoms with E-state index in [2.05, 4.69) is 0 Å². The molecule has 1 aromatic carbocycles. The maximum atomic E-state index is 12.8. The lowest BCUT2D eigenvalue weighted by molar-refractivity contribution is -0.304. The SMILES string of the molecule is CC1=C(c2ccccc2)C(=O)N(C(C)(C)C(=O)CC(=O)[O-])CO1. The molecule has 1 heterocycles. The Hall–Kier alpha value is -2.63. The van der Waals surface area contributed by atoms with Gasteiger partial charge in [0.05, 0.1) is 11.1 Å². The third kappa shape index (κ3) is 3.26. The van der Waals surface area contributed by atoms with Crippen LogP contribution >= 0.6 is 0 Å². The van der Waals surface area contributed by atoms with E-state index < -0.39 is 23.7 Å². The smallest absolute Gasteiger partial charge is 0.261 e. The normalized spacial score (nSPS) is 15.4. The maximum Gasteiger partial charge on any atom is 0.261 e. The molecule has 1 aromatic rings. The summed E-state index contributed by atoms with van der Waals surface area (Å²) in [4.78, 5) is 36.9. The van der Waals surface area contributed by atoms with Gasteiger partial charge in [-0.3, -0.25) is 14.5 Å². The molecular weight excluding hydrogens is 298 g/mol. The molecule has 6 nitrogen and oxygen atoms in total. The van der Waals surface area contributed by atoms with Gasteiger partial charge in [-0.25, -0.2) is 0 Å². The van der Waals surface area contributed by atoms with Crippen molar-refractivity contribution in [3.8, 4) is 0 Å². The first kappa shape index (κ1) is 16.7. The van der Waals surface area contributed by atoms with E-state index in [0.29, 0.717) is 16.9 Å². The van der Waals surface area contributed by atoms with E-state index >= 15 is 0 Å². The van der Waals surface area contributed by atoms with E-state index in [1.165, 1.54) is 18.7 Å². The molecule has 0 N–H and O–H groups in total. The lowest BCUT2D eigenvalue weighted by Crippen LogP contribution is -2.56. The second kappa shape index (κ2) is 6.24. The highest BCUT2D eigenvalue weighted by molar-refractivity contribution is 6.21. The molecule has 1 aliphatic rings. The van der Waals surface area contributed by atoms with Gasteiger partial charge >= 0.3 is 0 Å². The third-order valence-corrected chi connectivity index (χ3v) is 3.95. The molecule has 1 aliphatic heterocycles. The van der Waals surface area contributed by atoms with Gasteiger partial charge < -0.3 is 14.6 Å². The molecule has 0 aliphatic carbocycles. The highest BCUT2D eigenvalue weighted by Gasteiger charge is 2.41. The van der Waals surface area contributed by atoms with Crippen molar-refractivity contribution in [2.24, 2.45) is 0 Å². The summed E-state index contributed by atoms with van der Waals surface area (Å²) in [7, 11) is 0. The summed E-state index contributed by atoms with van der Waals surface area (Å²) < 4.78 is 5.54. The van der Waals surface area contributed by atoms with Crippen LogP contribution in [0, 0.1) is 0 Å². The van der Waals surface area contributed by atoms with Crippen LogP contribution in [0.25, 0.3) is 5.57 Å². The monoisotopic (exact) mass is 316 g/mol. The van der Waals surface area contributed by atoms with E-state index in [4.69, 9.17) is 4.74 Å². The van der Waals surface area contributed by atoms with Gasteiger partial charge in [-0.1, -0.05) is 30.3 Å². The molecular formula is C17H18NO5-. The number of hydrogen-bond donors (Lipinski definition) is 0. The summed E-state index contributed by atoms with van der Waals surface area (Å²) in [6.45, 7) is 4.59. The van der Waals surface area contributed by atoms with Crippen molar-refractivity contribution >= 4 is 23.2 Å². The summed E-state index contributed by atoms with van der Waals surface area (Å²) in [5, 5.41) is 10.7. The summed E-state index contributed by atoms with van der Waals surface area (Å²) in [6.07, 6.45) is -0.750. The number of carboxylic acid groups (broad SMARTS) is 1. The zero-order valence-electron chi connectivity index (χ0n) is 13.3. The molecule has 0 unspecified atom stereocenters. The summed E-state index contributed by atoms with van der Waals surface area (Å²) in [6, 6.07) is 8.99. The number of carbonyl (C=O) groups is 3. The average Bonchev–Trinajstić information content (AvgIpc) is 2.47. The van der Waals surface area contributed by atoms with Gasteiger partial charge in [0.2, 0.25) is 0 Å². The standard InChI is InChI=1S/C17H19NO5/c1-11-15(12-7-5-4-6-8-12)16(22)18(10-23-11)17(2,3)13(19)9-14(20)21/h4-8H,9-10H2,1-3H3,(H,20,21)/p-1. The first-order valence-electron chi connectivity index (χ1n) is 7.19. The Morgan fingerprint density at radius 1 is 1.26 bits per heavy atom. The highest BCUT2D eigenvalue weighted by atomic mass is 16.5. The van der Waals surface area contributed by atoms with Crippen LogP contribution in [0.1, 0.15) is 32.8 Å². The van der Waals surface area contributed by atoms with Crippen LogP contribution < -0.4 is 5.11 Å². The number of benzene rings is 1. The van der Waals surface area contributed by atoms with E-state index in [-0.39, 0.29) is 12.6 Å². The summed E-state index contributed by atoms with van der Waals surface area (Å²) in [5.74, 6) is -1.97. The van der Waals surface area contributed by atoms with Crippen LogP contribution in [-0.2, 0) is 19.1 Å². The van der Waals surface area contributed by atoms with Gasteiger partial charge in [0, 0.05) is 12.4 Å². The molecule has 0 fully saturated rings. The molecule has 0 spiro atoms. The minimum Gasteiger partial charge on any atom is -0.550 e. The van der Waals surface area contributed by atoms with Gasteiger partial charge in [-0.2, -0.15) is 0 Å².